The van der Waals surface area contributed by atoms with Gasteiger partial charge < -0.3 is 14.5 Å². The number of furan rings is 1. The van der Waals surface area contributed by atoms with Gasteiger partial charge in [0.05, 0.1) is 28.8 Å². The second kappa shape index (κ2) is 13.7. The number of hydrogen-bond donors (Lipinski definition) is 2. The lowest BCUT2D eigenvalue weighted by Crippen LogP contribution is -2.28. The molecule has 0 aliphatic carbocycles. The zero-order valence-corrected chi connectivity index (χ0v) is 25.2. The van der Waals surface area contributed by atoms with E-state index in [4.69, 9.17) is 25.9 Å². The van der Waals surface area contributed by atoms with Crippen molar-refractivity contribution in [1.82, 2.24) is 4.90 Å². The Labute approximate surface area is 262 Å². The second-order valence-electron chi connectivity index (χ2n) is 9.21. The minimum absolute atomic E-state index is 0.0798. The highest BCUT2D eigenvalue weighted by atomic mass is 35.5. The highest BCUT2D eigenvalue weighted by Crippen LogP contribution is 2.36. The fraction of sp³-hybridized carbons (Fsp3) is 0.0667. The highest BCUT2D eigenvalue weighted by Gasteiger charge is 2.34. The largest absolute Gasteiger partial charge is 0.483 e. The normalized spacial score (nSPS) is 15.4. The Morgan fingerprint density at radius 3 is 2.55 bits per heavy atom. The number of rotatable bonds is 10. The van der Waals surface area contributed by atoms with E-state index < -0.39 is 15.9 Å². The average molecular weight is 650 g/mol. The van der Waals surface area contributed by atoms with Crippen molar-refractivity contribution < 1.29 is 27.2 Å². The van der Waals surface area contributed by atoms with Crippen LogP contribution in [0.4, 0.5) is 5.69 Å². The van der Waals surface area contributed by atoms with E-state index in [2.05, 4.69) is 15.5 Å². The van der Waals surface area contributed by atoms with Crippen molar-refractivity contribution >= 4 is 68.3 Å². The van der Waals surface area contributed by atoms with Gasteiger partial charge in [-0.2, -0.15) is 5.10 Å². The molecule has 0 atom stereocenters. The molecule has 3 N–H and O–H groups in total. The molecule has 1 aliphatic rings. The summed E-state index contributed by atoms with van der Waals surface area (Å²) in [5, 5.41) is 17.0. The predicted molar refractivity (Wildman–Crippen MR) is 170 cm³/mol. The first-order valence-corrected chi connectivity index (χ1v) is 15.6. The third kappa shape index (κ3) is 8.02. The molecule has 0 bridgehead atoms. The average Bonchev–Trinajstić information content (AvgIpc) is 3.61. The highest BCUT2D eigenvalue weighted by molar-refractivity contribution is 8.18. The topological polar surface area (TPSA) is 157 Å². The molecule has 1 aliphatic heterocycles. The summed E-state index contributed by atoms with van der Waals surface area (Å²) in [6, 6.07) is 23.1. The van der Waals surface area contributed by atoms with Crippen LogP contribution in [-0.2, 0) is 26.2 Å². The van der Waals surface area contributed by atoms with Crippen LogP contribution in [0.25, 0.3) is 6.08 Å². The van der Waals surface area contributed by atoms with Crippen molar-refractivity contribution in [3.05, 3.63) is 118 Å². The molecule has 4 aromatic rings. The quantitative estimate of drug-likeness (QED) is 0.137. The van der Waals surface area contributed by atoms with E-state index in [1.807, 2.05) is 30.3 Å². The number of ether oxygens (including phenoxy) is 1. The smallest absolute Gasteiger partial charge is 0.267 e. The molecule has 1 aromatic heterocycles. The minimum atomic E-state index is -3.85. The molecule has 0 unspecified atom stereocenters. The molecule has 5 rings (SSSR count). The zero-order valence-electron chi connectivity index (χ0n) is 22.8. The molecule has 224 valence electrons. The number of amidine groups is 1. The number of primary sulfonamides is 1. The maximum atomic E-state index is 13.5. The molecule has 0 radical (unpaired) electrons. The van der Waals surface area contributed by atoms with Crippen LogP contribution in [0.15, 0.2) is 116 Å². The molecule has 0 spiro atoms. The Morgan fingerprint density at radius 2 is 1.84 bits per heavy atom. The van der Waals surface area contributed by atoms with E-state index in [-0.39, 0.29) is 24.0 Å². The summed E-state index contributed by atoms with van der Waals surface area (Å²) in [5.74, 6) is 0.0485. The molecule has 2 amide bonds. The predicted octanol–water partition coefficient (Wildman–Crippen LogP) is 5.10. The molecule has 14 heteroatoms. The van der Waals surface area contributed by atoms with Crippen molar-refractivity contribution in [2.24, 2.45) is 15.3 Å². The molecule has 11 nitrogen and oxygen atoms in total. The molecular weight excluding hydrogens is 626 g/mol. The van der Waals surface area contributed by atoms with Gasteiger partial charge in [-0.15, -0.1) is 5.10 Å². The molecule has 44 heavy (non-hydrogen) atoms. The number of benzene rings is 3. The van der Waals surface area contributed by atoms with Crippen LogP contribution in [0.5, 0.6) is 5.75 Å². The number of carbonyl (C=O) groups is 2. The minimum Gasteiger partial charge on any atom is -0.483 e. The molecule has 3 aromatic carbocycles. The zero-order chi connectivity index (χ0) is 31.1. The lowest BCUT2D eigenvalue weighted by atomic mass is 10.2. The first kappa shape index (κ1) is 30.8. The lowest BCUT2D eigenvalue weighted by Gasteiger charge is -2.13. The van der Waals surface area contributed by atoms with Crippen molar-refractivity contribution in [3.63, 3.8) is 0 Å². The van der Waals surface area contributed by atoms with Crippen LogP contribution in [0, 0.1) is 0 Å². The maximum absolute atomic E-state index is 13.5. The fourth-order valence-electron chi connectivity index (χ4n) is 3.94. The number of nitrogens with two attached hydrogens (primary N) is 1. The summed E-state index contributed by atoms with van der Waals surface area (Å²) < 4.78 is 34.1. The molecule has 2 heterocycles. The van der Waals surface area contributed by atoms with Crippen LogP contribution in [-0.4, -0.2) is 43.1 Å². The first-order chi connectivity index (χ1) is 21.2. The summed E-state index contributed by atoms with van der Waals surface area (Å²) in [4.78, 5) is 27.8. The van der Waals surface area contributed by atoms with Gasteiger partial charge in [0, 0.05) is 16.3 Å². The molecule has 1 saturated heterocycles. The number of halogens is 1. The number of amides is 2. The summed E-state index contributed by atoms with van der Waals surface area (Å²) in [6.07, 6.45) is 4.72. The summed E-state index contributed by atoms with van der Waals surface area (Å²) in [5.41, 5.74) is 1.67. The second-order valence-corrected chi connectivity index (χ2v) is 12.2. The SMILES string of the molecule is NS(=O)(=O)c1ccc(NC(=O)COc2ccc(Cl)cc2/C=C2\S/C(=N/N=C\c3ccccc3)N(Cc3ccco3)C2=O)cc1. The Morgan fingerprint density at radius 1 is 1.07 bits per heavy atom. The van der Waals surface area contributed by atoms with E-state index in [0.717, 1.165) is 17.3 Å². The van der Waals surface area contributed by atoms with E-state index in [1.54, 1.807) is 42.6 Å². The first-order valence-electron chi connectivity index (χ1n) is 12.9. The molecular formula is C30H24ClN5O6S2. The Balaban J connectivity index is 1.33. The van der Waals surface area contributed by atoms with Gasteiger partial charge in [0.25, 0.3) is 11.8 Å². The maximum Gasteiger partial charge on any atom is 0.267 e. The molecule has 0 saturated carbocycles. The van der Waals surface area contributed by atoms with Crippen molar-refractivity contribution in [3.8, 4) is 5.75 Å². The fourth-order valence-corrected chi connectivity index (χ4v) is 5.56. The van der Waals surface area contributed by atoms with Crippen LogP contribution in [0.3, 0.4) is 0 Å². The van der Waals surface area contributed by atoms with Gasteiger partial charge in [0.1, 0.15) is 11.5 Å². The van der Waals surface area contributed by atoms with Crippen LogP contribution in [0.2, 0.25) is 5.02 Å². The molecule has 1 fully saturated rings. The van der Waals surface area contributed by atoms with Gasteiger partial charge in [-0.05, 0) is 78.0 Å². The number of nitrogens with one attached hydrogen (secondary N) is 1. The number of anilines is 1. The Bertz CT molecular complexity index is 1860. The summed E-state index contributed by atoms with van der Waals surface area (Å²) in [7, 11) is -3.85. The number of sulfonamides is 1. The van der Waals surface area contributed by atoms with Gasteiger partial charge in [0.15, 0.2) is 11.8 Å². The van der Waals surface area contributed by atoms with Crippen molar-refractivity contribution in [2.75, 3.05) is 11.9 Å². The van der Waals surface area contributed by atoms with Gasteiger partial charge in [-0.1, -0.05) is 41.9 Å². The van der Waals surface area contributed by atoms with Crippen LogP contribution < -0.4 is 15.2 Å². The number of carbonyl (C=O) groups excluding carboxylic acids is 2. The van der Waals surface area contributed by atoms with E-state index in [0.29, 0.717) is 37.9 Å². The number of hydrogen-bond acceptors (Lipinski definition) is 9. The Hall–Kier alpha value is -4.69. The monoisotopic (exact) mass is 649 g/mol. The van der Waals surface area contributed by atoms with Crippen LogP contribution in [0.1, 0.15) is 16.9 Å². The summed E-state index contributed by atoms with van der Waals surface area (Å²) in [6.45, 7) is -0.228. The lowest BCUT2D eigenvalue weighted by molar-refractivity contribution is -0.122. The van der Waals surface area contributed by atoms with E-state index >= 15 is 0 Å². The van der Waals surface area contributed by atoms with Gasteiger partial charge >= 0.3 is 0 Å². The van der Waals surface area contributed by atoms with Crippen LogP contribution >= 0.6 is 23.4 Å². The standard InChI is InChI=1S/C30H24ClN5O6S2/c31-22-8-13-26(42-19-28(37)34-23-9-11-25(12-10-23)44(32,39)40)21(15-22)16-27-29(38)36(18-24-7-4-14-41-24)30(43-27)35-33-17-20-5-2-1-3-6-20/h1-17H,18-19H2,(H,34,37)(H2,32,39,40)/b27-16-,33-17-,35-30+. The van der Waals surface area contributed by atoms with E-state index in [9.17, 15) is 18.0 Å². The van der Waals surface area contributed by atoms with Gasteiger partial charge in [-0.3, -0.25) is 14.5 Å². The number of thioether (sulfide) groups is 1. The summed E-state index contributed by atoms with van der Waals surface area (Å²) >= 11 is 7.38. The van der Waals surface area contributed by atoms with Gasteiger partial charge in [0.2, 0.25) is 10.0 Å². The third-order valence-corrected chi connectivity index (χ3v) is 8.18. The number of nitrogens with zero attached hydrogens (tertiary/aromatic N) is 3. The van der Waals surface area contributed by atoms with Crippen molar-refractivity contribution in [2.45, 2.75) is 11.4 Å². The third-order valence-electron chi connectivity index (χ3n) is 6.02. The van der Waals surface area contributed by atoms with E-state index in [1.165, 1.54) is 35.4 Å². The van der Waals surface area contributed by atoms with Gasteiger partial charge in [-0.25, -0.2) is 13.6 Å². The van der Waals surface area contributed by atoms with Crippen molar-refractivity contribution in [1.29, 1.82) is 0 Å². The Kier molecular flexibility index (Phi) is 9.60.